The van der Waals surface area contributed by atoms with Crippen LogP contribution in [0, 0.1) is 12.7 Å². The third kappa shape index (κ3) is 5.51. The fourth-order valence-corrected chi connectivity index (χ4v) is 2.83. The van der Waals surface area contributed by atoms with Gasteiger partial charge in [0, 0.05) is 31.7 Å². The second-order valence-corrected chi connectivity index (χ2v) is 6.20. The Bertz CT molecular complexity index is 582. The second kappa shape index (κ2) is 9.25. The van der Waals surface area contributed by atoms with Crippen LogP contribution in [0.2, 0.25) is 0 Å². The molecule has 1 aromatic rings. The third-order valence-electron chi connectivity index (χ3n) is 4.31. The van der Waals surface area contributed by atoms with E-state index in [2.05, 4.69) is 20.9 Å². The maximum Gasteiger partial charge on any atom is 0.251 e. The molecule has 24 heavy (non-hydrogen) atoms. The standard InChI is InChI=1S/C18H27FN4O/c1-13-8-9-14(12-16(13)19)17(24)21-10-11-22-18(20-2)23-15-6-4-3-5-7-15/h8-9,12,15H,3-7,10-11H2,1-2H3,(H,21,24)(H2,20,22,23). The van der Waals surface area contributed by atoms with E-state index >= 15 is 0 Å². The zero-order valence-corrected chi connectivity index (χ0v) is 14.5. The van der Waals surface area contributed by atoms with Crippen molar-refractivity contribution < 1.29 is 9.18 Å². The zero-order chi connectivity index (χ0) is 17.4. The van der Waals surface area contributed by atoms with Crippen molar-refractivity contribution in [1.29, 1.82) is 0 Å². The van der Waals surface area contributed by atoms with Crippen LogP contribution < -0.4 is 16.0 Å². The summed E-state index contributed by atoms with van der Waals surface area (Å²) in [6, 6.07) is 4.99. The molecule has 6 heteroatoms. The molecule has 0 bridgehead atoms. The quantitative estimate of drug-likeness (QED) is 0.440. The highest BCUT2D eigenvalue weighted by Gasteiger charge is 2.14. The van der Waals surface area contributed by atoms with Gasteiger partial charge in [-0.25, -0.2) is 4.39 Å². The highest BCUT2D eigenvalue weighted by atomic mass is 19.1. The minimum absolute atomic E-state index is 0.272. The molecule has 0 aromatic heterocycles. The molecule has 0 saturated heterocycles. The van der Waals surface area contributed by atoms with Crippen LogP contribution in [0.25, 0.3) is 0 Å². The van der Waals surface area contributed by atoms with E-state index in [-0.39, 0.29) is 11.7 Å². The van der Waals surface area contributed by atoms with Crippen LogP contribution in [-0.2, 0) is 0 Å². The number of hydrogen-bond donors (Lipinski definition) is 3. The minimum atomic E-state index is -0.363. The van der Waals surface area contributed by atoms with Gasteiger partial charge in [-0.1, -0.05) is 25.3 Å². The molecule has 0 spiro atoms. The molecule has 3 N–H and O–H groups in total. The molecule has 2 rings (SSSR count). The fourth-order valence-electron chi connectivity index (χ4n) is 2.83. The van der Waals surface area contributed by atoms with E-state index in [9.17, 15) is 9.18 Å². The summed E-state index contributed by atoms with van der Waals surface area (Å²) in [5, 5.41) is 9.39. The Morgan fingerprint density at radius 2 is 1.92 bits per heavy atom. The van der Waals surface area contributed by atoms with Crippen molar-refractivity contribution >= 4 is 11.9 Å². The average Bonchev–Trinajstić information content (AvgIpc) is 2.60. The molecular formula is C18H27FN4O. The lowest BCUT2D eigenvalue weighted by atomic mass is 9.96. The highest BCUT2D eigenvalue weighted by Crippen LogP contribution is 2.17. The van der Waals surface area contributed by atoms with E-state index in [1.54, 1.807) is 26.1 Å². The number of carbonyl (C=O) groups is 1. The van der Waals surface area contributed by atoms with E-state index in [0.717, 1.165) is 5.96 Å². The Hall–Kier alpha value is -2.11. The number of carbonyl (C=O) groups excluding carboxylic acids is 1. The number of hydrogen-bond acceptors (Lipinski definition) is 2. The molecule has 0 radical (unpaired) electrons. The van der Waals surface area contributed by atoms with Gasteiger partial charge in [0.2, 0.25) is 0 Å². The molecule has 1 amide bonds. The van der Waals surface area contributed by atoms with Crippen molar-refractivity contribution in [3.05, 3.63) is 35.1 Å². The number of halogens is 1. The van der Waals surface area contributed by atoms with Gasteiger partial charge in [0.25, 0.3) is 5.91 Å². The molecule has 0 heterocycles. The first kappa shape index (κ1) is 18.2. The largest absolute Gasteiger partial charge is 0.355 e. The third-order valence-corrected chi connectivity index (χ3v) is 4.31. The van der Waals surface area contributed by atoms with Gasteiger partial charge in [0.1, 0.15) is 5.82 Å². The van der Waals surface area contributed by atoms with Gasteiger partial charge >= 0.3 is 0 Å². The van der Waals surface area contributed by atoms with Gasteiger partial charge in [-0.15, -0.1) is 0 Å². The summed E-state index contributed by atoms with van der Waals surface area (Å²) in [7, 11) is 1.74. The smallest absolute Gasteiger partial charge is 0.251 e. The van der Waals surface area contributed by atoms with Crippen molar-refractivity contribution in [1.82, 2.24) is 16.0 Å². The molecule has 1 aromatic carbocycles. The predicted octanol–water partition coefficient (Wildman–Crippen LogP) is 2.36. The monoisotopic (exact) mass is 334 g/mol. The van der Waals surface area contributed by atoms with Crippen LogP contribution in [0.4, 0.5) is 4.39 Å². The molecule has 5 nitrogen and oxygen atoms in total. The maximum atomic E-state index is 13.5. The van der Waals surface area contributed by atoms with Gasteiger partial charge in [-0.3, -0.25) is 9.79 Å². The van der Waals surface area contributed by atoms with Crippen molar-refractivity contribution in [2.45, 2.75) is 45.1 Å². The lowest BCUT2D eigenvalue weighted by Gasteiger charge is -2.24. The lowest BCUT2D eigenvalue weighted by Crippen LogP contribution is -2.46. The van der Waals surface area contributed by atoms with Crippen LogP contribution in [0.15, 0.2) is 23.2 Å². The summed E-state index contributed by atoms with van der Waals surface area (Å²) in [5.74, 6) is 0.126. The van der Waals surface area contributed by atoms with Gasteiger partial charge in [0.15, 0.2) is 5.96 Å². The minimum Gasteiger partial charge on any atom is -0.355 e. The number of benzene rings is 1. The second-order valence-electron chi connectivity index (χ2n) is 6.20. The number of aryl methyl sites for hydroxylation is 1. The first-order chi connectivity index (χ1) is 11.6. The molecule has 0 unspecified atom stereocenters. The maximum absolute atomic E-state index is 13.5. The van der Waals surface area contributed by atoms with Gasteiger partial charge in [0.05, 0.1) is 0 Å². The zero-order valence-electron chi connectivity index (χ0n) is 14.5. The first-order valence-corrected chi connectivity index (χ1v) is 8.61. The van der Waals surface area contributed by atoms with E-state index < -0.39 is 0 Å². The van der Waals surface area contributed by atoms with Crippen LogP contribution in [0.3, 0.4) is 0 Å². The Morgan fingerprint density at radius 1 is 1.21 bits per heavy atom. The van der Waals surface area contributed by atoms with Crippen LogP contribution in [0.5, 0.6) is 0 Å². The van der Waals surface area contributed by atoms with E-state index in [1.165, 1.54) is 38.2 Å². The fraction of sp³-hybridized carbons (Fsp3) is 0.556. The molecule has 132 valence electrons. The van der Waals surface area contributed by atoms with Crippen LogP contribution in [-0.4, -0.2) is 38.0 Å². The summed E-state index contributed by atoms with van der Waals surface area (Å²) in [4.78, 5) is 16.2. The Kier molecular flexibility index (Phi) is 7.03. The van der Waals surface area contributed by atoms with Crippen molar-refractivity contribution in [3.63, 3.8) is 0 Å². The van der Waals surface area contributed by atoms with E-state index in [4.69, 9.17) is 0 Å². The molecule has 1 aliphatic carbocycles. The first-order valence-electron chi connectivity index (χ1n) is 8.61. The summed E-state index contributed by atoms with van der Waals surface area (Å²) in [5.41, 5.74) is 0.869. The summed E-state index contributed by atoms with van der Waals surface area (Å²) in [6.07, 6.45) is 6.19. The molecular weight excluding hydrogens is 307 g/mol. The normalized spacial score (nSPS) is 15.9. The Morgan fingerprint density at radius 3 is 2.58 bits per heavy atom. The molecule has 1 fully saturated rings. The summed E-state index contributed by atoms with van der Waals surface area (Å²) >= 11 is 0. The van der Waals surface area contributed by atoms with Crippen molar-refractivity contribution in [3.8, 4) is 0 Å². The van der Waals surface area contributed by atoms with Crippen LogP contribution in [0.1, 0.15) is 48.0 Å². The number of nitrogens with one attached hydrogen (secondary N) is 3. The number of aliphatic imine (C=N–C) groups is 1. The lowest BCUT2D eigenvalue weighted by molar-refractivity contribution is 0.0954. The van der Waals surface area contributed by atoms with E-state index in [1.807, 2.05) is 0 Å². The molecule has 1 aliphatic rings. The Balaban J connectivity index is 1.70. The highest BCUT2D eigenvalue weighted by molar-refractivity contribution is 5.94. The molecule has 0 aliphatic heterocycles. The summed E-state index contributed by atoms with van der Waals surface area (Å²) in [6.45, 7) is 2.68. The molecule has 1 saturated carbocycles. The van der Waals surface area contributed by atoms with Crippen molar-refractivity contribution in [2.24, 2.45) is 4.99 Å². The number of nitrogens with zero attached hydrogens (tertiary/aromatic N) is 1. The number of rotatable bonds is 5. The number of guanidine groups is 1. The van der Waals surface area contributed by atoms with Gasteiger partial charge in [-0.05, 0) is 37.5 Å². The summed E-state index contributed by atoms with van der Waals surface area (Å²) < 4.78 is 13.5. The van der Waals surface area contributed by atoms with E-state index in [0.29, 0.717) is 30.3 Å². The molecule has 0 atom stereocenters. The Labute approximate surface area is 143 Å². The SMILES string of the molecule is CN=C(NCCNC(=O)c1ccc(C)c(F)c1)NC1CCCCC1. The van der Waals surface area contributed by atoms with Gasteiger partial charge < -0.3 is 16.0 Å². The van der Waals surface area contributed by atoms with Crippen LogP contribution >= 0.6 is 0 Å². The van der Waals surface area contributed by atoms with Crippen molar-refractivity contribution in [2.75, 3.05) is 20.1 Å². The van der Waals surface area contributed by atoms with Gasteiger partial charge in [-0.2, -0.15) is 0 Å². The average molecular weight is 334 g/mol. The predicted molar refractivity (Wildman–Crippen MR) is 94.8 cm³/mol. The topological polar surface area (TPSA) is 65.5 Å². The number of amides is 1.